The monoisotopic (exact) mass is 283 g/mol. The molecule has 0 aromatic carbocycles. The van der Waals surface area contributed by atoms with Gasteiger partial charge in [-0.1, -0.05) is 6.92 Å². The fraction of sp³-hybridized carbons (Fsp3) is 0.786. The first-order valence-electron chi connectivity index (χ1n) is 7.40. The first kappa shape index (κ1) is 16.6. The normalized spacial score (nSPS) is 18.8. The maximum atomic E-state index is 12.0. The van der Waals surface area contributed by atoms with E-state index in [0.717, 1.165) is 6.42 Å². The molecule has 6 nitrogen and oxygen atoms in total. The highest BCUT2D eigenvalue weighted by molar-refractivity contribution is 6.05. The minimum absolute atomic E-state index is 0.0738. The fourth-order valence-corrected chi connectivity index (χ4v) is 2.39. The van der Waals surface area contributed by atoms with Crippen LogP contribution in [0.3, 0.4) is 0 Å². The number of nitrogens with zero attached hydrogens (tertiary/aromatic N) is 2. The second kappa shape index (κ2) is 7.99. The van der Waals surface area contributed by atoms with Gasteiger partial charge in [-0.05, 0) is 20.3 Å². The molecule has 1 saturated heterocycles. The smallest absolute Gasteiger partial charge is 0.246 e. The molecular weight excluding hydrogens is 258 g/mol. The molecule has 20 heavy (non-hydrogen) atoms. The van der Waals surface area contributed by atoms with Crippen molar-refractivity contribution in [1.82, 2.24) is 15.1 Å². The molecule has 0 aromatic heterocycles. The van der Waals surface area contributed by atoms with Crippen LogP contribution in [0.5, 0.6) is 0 Å². The van der Waals surface area contributed by atoms with Gasteiger partial charge in [0.2, 0.25) is 17.7 Å². The molecule has 1 unspecified atom stereocenters. The molecule has 0 aliphatic carbocycles. The first-order chi connectivity index (χ1) is 9.54. The van der Waals surface area contributed by atoms with Gasteiger partial charge in [0.15, 0.2) is 0 Å². The van der Waals surface area contributed by atoms with E-state index in [1.165, 1.54) is 4.90 Å². The fourth-order valence-electron chi connectivity index (χ4n) is 2.39. The highest BCUT2D eigenvalue weighted by Crippen LogP contribution is 2.13. The quantitative estimate of drug-likeness (QED) is 0.654. The highest BCUT2D eigenvalue weighted by Gasteiger charge is 2.37. The largest absolute Gasteiger partial charge is 0.343 e. The topological polar surface area (TPSA) is 69.7 Å². The SMILES string of the molecule is CCCN1C(=O)CC(NCCC(=O)N(CC)CC)C1=O. The lowest BCUT2D eigenvalue weighted by Crippen LogP contribution is -2.41. The van der Waals surface area contributed by atoms with Gasteiger partial charge in [0.25, 0.3) is 0 Å². The summed E-state index contributed by atoms with van der Waals surface area (Å²) in [4.78, 5) is 38.5. The molecule has 0 radical (unpaired) electrons. The van der Waals surface area contributed by atoms with Crippen LogP contribution >= 0.6 is 0 Å². The third kappa shape index (κ3) is 4.03. The van der Waals surface area contributed by atoms with Gasteiger partial charge in [-0.2, -0.15) is 0 Å². The molecular formula is C14H25N3O3. The van der Waals surface area contributed by atoms with Crippen molar-refractivity contribution in [3.8, 4) is 0 Å². The summed E-state index contributed by atoms with van der Waals surface area (Å²) >= 11 is 0. The van der Waals surface area contributed by atoms with Crippen molar-refractivity contribution in [3.05, 3.63) is 0 Å². The average Bonchev–Trinajstić information content (AvgIpc) is 2.68. The number of carbonyl (C=O) groups excluding carboxylic acids is 3. The molecule has 1 rings (SSSR count). The van der Waals surface area contributed by atoms with E-state index in [4.69, 9.17) is 0 Å². The van der Waals surface area contributed by atoms with Crippen molar-refractivity contribution in [1.29, 1.82) is 0 Å². The van der Waals surface area contributed by atoms with Crippen molar-refractivity contribution in [2.75, 3.05) is 26.2 Å². The summed E-state index contributed by atoms with van der Waals surface area (Å²) in [6, 6.07) is -0.460. The van der Waals surface area contributed by atoms with E-state index in [0.29, 0.717) is 32.6 Å². The summed E-state index contributed by atoms with van der Waals surface area (Å²) in [7, 11) is 0. The lowest BCUT2D eigenvalue weighted by atomic mass is 10.2. The third-order valence-electron chi connectivity index (χ3n) is 3.54. The van der Waals surface area contributed by atoms with Crippen molar-refractivity contribution in [2.45, 2.75) is 46.1 Å². The molecule has 1 N–H and O–H groups in total. The van der Waals surface area contributed by atoms with Crippen LogP contribution in [-0.2, 0) is 14.4 Å². The highest BCUT2D eigenvalue weighted by atomic mass is 16.2. The number of likely N-dealkylation sites (tertiary alicyclic amines) is 1. The zero-order valence-electron chi connectivity index (χ0n) is 12.6. The maximum Gasteiger partial charge on any atom is 0.246 e. The predicted octanol–water partition coefficient (Wildman–Crippen LogP) is 0.372. The van der Waals surface area contributed by atoms with Crippen LogP contribution in [0.1, 0.15) is 40.0 Å². The Kier molecular flexibility index (Phi) is 6.64. The van der Waals surface area contributed by atoms with Crippen LogP contribution in [0, 0.1) is 0 Å². The van der Waals surface area contributed by atoms with Crippen LogP contribution < -0.4 is 5.32 Å². The molecule has 1 fully saturated rings. The summed E-state index contributed by atoms with van der Waals surface area (Å²) in [5.41, 5.74) is 0. The molecule has 0 aromatic rings. The van der Waals surface area contributed by atoms with Crippen LogP contribution in [0.4, 0.5) is 0 Å². The third-order valence-corrected chi connectivity index (χ3v) is 3.54. The average molecular weight is 283 g/mol. The Morgan fingerprint density at radius 2 is 1.95 bits per heavy atom. The van der Waals surface area contributed by atoms with Gasteiger partial charge in [0, 0.05) is 32.6 Å². The Labute approximate surface area is 120 Å². The number of carbonyl (C=O) groups is 3. The molecule has 3 amide bonds. The van der Waals surface area contributed by atoms with Crippen molar-refractivity contribution in [2.24, 2.45) is 0 Å². The number of hydrogen-bond donors (Lipinski definition) is 1. The van der Waals surface area contributed by atoms with E-state index in [2.05, 4.69) is 5.32 Å². The summed E-state index contributed by atoms with van der Waals surface area (Å²) in [5.74, 6) is -0.207. The zero-order chi connectivity index (χ0) is 15.1. The van der Waals surface area contributed by atoms with Crippen LogP contribution in [0.25, 0.3) is 0 Å². The molecule has 1 aliphatic rings. The number of imide groups is 1. The summed E-state index contributed by atoms with van der Waals surface area (Å²) in [5, 5.41) is 3.02. The second-order valence-electron chi connectivity index (χ2n) is 4.91. The molecule has 1 heterocycles. The van der Waals surface area contributed by atoms with E-state index in [1.807, 2.05) is 20.8 Å². The lowest BCUT2D eigenvalue weighted by Gasteiger charge is -2.19. The van der Waals surface area contributed by atoms with Gasteiger partial charge in [-0.15, -0.1) is 0 Å². The second-order valence-corrected chi connectivity index (χ2v) is 4.91. The van der Waals surface area contributed by atoms with Crippen molar-refractivity contribution >= 4 is 17.7 Å². The van der Waals surface area contributed by atoms with Gasteiger partial charge in [0.1, 0.15) is 0 Å². The van der Waals surface area contributed by atoms with Crippen molar-refractivity contribution < 1.29 is 14.4 Å². The Balaban J connectivity index is 2.38. The molecule has 0 saturated carbocycles. The summed E-state index contributed by atoms with van der Waals surface area (Å²) in [6.07, 6.45) is 1.33. The number of rotatable bonds is 8. The van der Waals surface area contributed by atoms with E-state index in [1.54, 1.807) is 4.90 Å². The molecule has 1 atom stereocenters. The predicted molar refractivity (Wildman–Crippen MR) is 76.0 cm³/mol. The molecule has 114 valence electrons. The lowest BCUT2D eigenvalue weighted by molar-refractivity contribution is -0.139. The summed E-state index contributed by atoms with van der Waals surface area (Å²) < 4.78 is 0. The van der Waals surface area contributed by atoms with Crippen LogP contribution in [0.15, 0.2) is 0 Å². The zero-order valence-corrected chi connectivity index (χ0v) is 12.6. The minimum atomic E-state index is -0.460. The van der Waals surface area contributed by atoms with Gasteiger partial charge < -0.3 is 10.2 Å². The first-order valence-corrected chi connectivity index (χ1v) is 7.40. The van der Waals surface area contributed by atoms with Crippen LogP contribution in [-0.4, -0.2) is 59.7 Å². The molecule has 0 spiro atoms. The van der Waals surface area contributed by atoms with Gasteiger partial charge >= 0.3 is 0 Å². The maximum absolute atomic E-state index is 12.0. The van der Waals surface area contributed by atoms with Crippen LogP contribution in [0.2, 0.25) is 0 Å². The Morgan fingerprint density at radius 3 is 2.50 bits per heavy atom. The van der Waals surface area contributed by atoms with E-state index < -0.39 is 6.04 Å². The van der Waals surface area contributed by atoms with Gasteiger partial charge in [0.05, 0.1) is 12.5 Å². The molecule has 1 aliphatic heterocycles. The Hall–Kier alpha value is -1.43. The van der Waals surface area contributed by atoms with E-state index in [-0.39, 0.29) is 24.1 Å². The minimum Gasteiger partial charge on any atom is -0.343 e. The number of hydrogen-bond acceptors (Lipinski definition) is 4. The van der Waals surface area contributed by atoms with Gasteiger partial charge in [-0.25, -0.2) is 0 Å². The Bertz CT molecular complexity index is 367. The number of nitrogens with one attached hydrogen (secondary N) is 1. The molecule has 0 bridgehead atoms. The Morgan fingerprint density at radius 1 is 1.30 bits per heavy atom. The van der Waals surface area contributed by atoms with Gasteiger partial charge in [-0.3, -0.25) is 19.3 Å². The van der Waals surface area contributed by atoms with Crippen molar-refractivity contribution in [3.63, 3.8) is 0 Å². The summed E-state index contributed by atoms with van der Waals surface area (Å²) in [6.45, 7) is 8.12. The van der Waals surface area contributed by atoms with E-state index in [9.17, 15) is 14.4 Å². The standard InChI is InChI=1S/C14H25N3O3/c1-4-9-17-13(19)10-11(14(17)20)15-8-7-12(18)16(5-2)6-3/h11,15H,4-10H2,1-3H3. The van der Waals surface area contributed by atoms with E-state index >= 15 is 0 Å². The molecule has 6 heteroatoms. The number of amides is 3.